The van der Waals surface area contributed by atoms with Gasteiger partial charge in [-0.3, -0.25) is 9.52 Å². The van der Waals surface area contributed by atoms with Gasteiger partial charge >= 0.3 is 0 Å². The molecule has 5 aromatic rings. The number of sulfonamides is 1. The predicted octanol–water partition coefficient (Wildman–Crippen LogP) is 6.44. The molecule has 2 aromatic heterocycles. The van der Waals surface area contributed by atoms with Gasteiger partial charge in [-0.15, -0.1) is 0 Å². The van der Waals surface area contributed by atoms with E-state index >= 15 is 8.78 Å². The van der Waals surface area contributed by atoms with Crippen LogP contribution in [0.1, 0.15) is 36.7 Å². The van der Waals surface area contributed by atoms with Crippen LogP contribution in [0.15, 0.2) is 77.4 Å². The lowest BCUT2D eigenvalue weighted by Crippen LogP contribution is -2.32. The fourth-order valence-corrected chi connectivity index (χ4v) is 6.80. The topological polar surface area (TPSA) is 119 Å². The Morgan fingerprint density at radius 1 is 1.04 bits per heavy atom. The van der Waals surface area contributed by atoms with Gasteiger partial charge in [0.15, 0.2) is 23.2 Å². The number of allylic oxidation sites excluding steroid dienone is 1. The van der Waals surface area contributed by atoms with Gasteiger partial charge < -0.3 is 9.72 Å². The summed E-state index contributed by atoms with van der Waals surface area (Å²) in [6.45, 7) is 1.91. The molecule has 1 aliphatic rings. The van der Waals surface area contributed by atoms with Gasteiger partial charge in [0, 0.05) is 46.7 Å². The first-order valence-corrected chi connectivity index (χ1v) is 16.5. The fraction of sp³-hybridized carbons (Fsp3) is 0.219. The van der Waals surface area contributed by atoms with Gasteiger partial charge in [-0.2, -0.15) is 5.10 Å². The lowest BCUT2D eigenvalue weighted by atomic mass is 9.78. The van der Waals surface area contributed by atoms with Crippen molar-refractivity contribution in [2.45, 2.75) is 31.6 Å². The number of carbonyl (C=O) groups excluding carboxylic acids is 1. The molecule has 1 unspecified atom stereocenters. The van der Waals surface area contributed by atoms with Crippen LogP contribution in [-0.2, 0) is 33.7 Å². The molecule has 0 spiro atoms. The number of carbonyl (C=O) groups is 1. The van der Waals surface area contributed by atoms with E-state index in [0.29, 0.717) is 28.7 Å². The molecule has 3 aromatic carbocycles. The number of benzene rings is 3. The van der Waals surface area contributed by atoms with Gasteiger partial charge in [0.1, 0.15) is 11.6 Å². The van der Waals surface area contributed by atoms with E-state index in [1.807, 2.05) is 31.2 Å². The summed E-state index contributed by atoms with van der Waals surface area (Å²) < 4.78 is 66.9. The first-order chi connectivity index (χ1) is 21.4. The number of aryl methyl sites for hydroxylation is 2. The number of hydrogen-bond acceptors (Lipinski definition) is 6. The highest BCUT2D eigenvalue weighted by Crippen LogP contribution is 2.39. The number of halogens is 3. The number of aromatic nitrogens is 4. The number of nitrogens with one attached hydrogen (secondary N) is 2. The number of H-pyrrole nitrogens is 1. The Bertz CT molecular complexity index is 2090. The number of fused-ring (bicyclic) bond motifs is 8. The van der Waals surface area contributed by atoms with Crippen LogP contribution < -0.4 is 9.46 Å². The van der Waals surface area contributed by atoms with Crippen molar-refractivity contribution < 1.29 is 26.7 Å². The molecule has 0 aliphatic carbocycles. The maximum atomic E-state index is 15.5. The van der Waals surface area contributed by atoms with Crippen LogP contribution in [0.5, 0.6) is 11.5 Å². The van der Waals surface area contributed by atoms with E-state index < -0.39 is 38.7 Å². The summed E-state index contributed by atoms with van der Waals surface area (Å²) in [5, 5.41) is 5.26. The Morgan fingerprint density at radius 2 is 1.87 bits per heavy atom. The van der Waals surface area contributed by atoms with Crippen LogP contribution in [0.25, 0.3) is 22.3 Å². The monoisotopic (exact) mass is 695 g/mol. The molecule has 0 saturated heterocycles. The average molecular weight is 697 g/mol. The number of amides is 1. The highest BCUT2D eigenvalue weighted by Gasteiger charge is 2.34. The Morgan fingerprint density at radius 3 is 2.67 bits per heavy atom. The van der Waals surface area contributed by atoms with E-state index in [-0.39, 0.29) is 35.7 Å². The summed E-state index contributed by atoms with van der Waals surface area (Å²) in [6.07, 6.45) is 4.81. The van der Waals surface area contributed by atoms with Gasteiger partial charge in [0.05, 0.1) is 16.7 Å². The normalized spacial score (nSPS) is 19.4. The number of ether oxygens (including phenoxy) is 1. The summed E-state index contributed by atoms with van der Waals surface area (Å²) in [5.74, 6) is -1.91. The van der Waals surface area contributed by atoms with E-state index in [9.17, 15) is 13.2 Å². The van der Waals surface area contributed by atoms with Gasteiger partial charge in [0.2, 0.25) is 15.9 Å². The molecule has 232 valence electrons. The zero-order valence-corrected chi connectivity index (χ0v) is 26.7. The standard InChI is InChI=1S/C32H28BrF2N5O4S/c1-32(19-6-5-7-20(33)16-19)13-3-4-15-45(42,43)39-28(41)11-9-23-22-12-14-36-27(22)18-26(35)29(23)44-21-8-10-25(34)24(17-21)30-37-31(32)38-40(30)2/h3-8,10,12,14,16-18,36H,9,11,13,15H2,1-2H3,(H,39,41)/b4-3-. The minimum absolute atomic E-state index is 0.0235. The first kappa shape index (κ1) is 30.7. The molecule has 0 saturated carbocycles. The van der Waals surface area contributed by atoms with Gasteiger partial charge in [-0.25, -0.2) is 26.9 Å². The second-order valence-electron chi connectivity index (χ2n) is 11.1. The molecule has 6 rings (SSSR count). The third kappa shape index (κ3) is 6.14. The van der Waals surface area contributed by atoms with Crippen molar-refractivity contribution >= 4 is 42.8 Å². The average Bonchev–Trinajstić information content (AvgIpc) is 3.62. The molecule has 4 bridgehead atoms. The summed E-state index contributed by atoms with van der Waals surface area (Å²) >= 11 is 3.51. The van der Waals surface area contributed by atoms with Crippen LogP contribution in [0, 0.1) is 11.6 Å². The van der Waals surface area contributed by atoms with Crippen LogP contribution in [0.2, 0.25) is 0 Å². The fourth-order valence-electron chi connectivity index (χ4n) is 5.48. The van der Waals surface area contributed by atoms with E-state index in [0.717, 1.165) is 10.0 Å². The molecule has 3 heterocycles. The molecular weight excluding hydrogens is 668 g/mol. The minimum Gasteiger partial charge on any atom is -0.454 e. The maximum absolute atomic E-state index is 15.5. The molecule has 0 fully saturated rings. The Hall–Kier alpha value is -4.36. The third-order valence-electron chi connectivity index (χ3n) is 7.86. The number of aromatic amines is 1. The van der Waals surface area contributed by atoms with E-state index in [2.05, 4.69) is 30.7 Å². The molecule has 1 atom stereocenters. The molecule has 45 heavy (non-hydrogen) atoms. The van der Waals surface area contributed by atoms with Crippen molar-refractivity contribution in [3.05, 3.63) is 106 Å². The van der Waals surface area contributed by atoms with Crippen LogP contribution in [-0.4, -0.2) is 39.8 Å². The molecule has 0 radical (unpaired) electrons. The number of hydrogen-bond donors (Lipinski definition) is 2. The minimum atomic E-state index is -4.02. The zero-order chi connectivity index (χ0) is 31.9. The summed E-state index contributed by atoms with van der Waals surface area (Å²) in [4.78, 5) is 20.5. The van der Waals surface area contributed by atoms with Crippen LogP contribution >= 0.6 is 15.9 Å². The second kappa shape index (κ2) is 11.9. The maximum Gasteiger partial charge on any atom is 0.238 e. The summed E-state index contributed by atoms with van der Waals surface area (Å²) in [5.41, 5.74) is 0.899. The van der Waals surface area contributed by atoms with Gasteiger partial charge in [-0.05, 0) is 61.7 Å². The Labute approximate surface area is 266 Å². The van der Waals surface area contributed by atoms with Gasteiger partial charge in [-0.1, -0.05) is 40.2 Å². The molecule has 1 aliphatic heterocycles. The van der Waals surface area contributed by atoms with Crippen molar-refractivity contribution in [2.24, 2.45) is 7.05 Å². The smallest absolute Gasteiger partial charge is 0.238 e. The molecule has 2 N–H and O–H groups in total. The highest BCUT2D eigenvalue weighted by molar-refractivity contribution is 9.10. The first-order valence-electron chi connectivity index (χ1n) is 14.1. The number of rotatable bonds is 1. The van der Waals surface area contributed by atoms with Crippen LogP contribution in [0.4, 0.5) is 8.78 Å². The second-order valence-corrected chi connectivity index (χ2v) is 13.7. The van der Waals surface area contributed by atoms with Crippen molar-refractivity contribution in [2.75, 3.05) is 5.75 Å². The van der Waals surface area contributed by atoms with Crippen molar-refractivity contribution in [1.82, 2.24) is 24.5 Å². The molecule has 13 heteroatoms. The SMILES string of the molecule is Cn1nc2nc1-c1cc(ccc1F)Oc1c(F)cc3[nH]ccc3c1CCC(=O)NS(=O)(=O)C/C=C\CC2(C)c1cccc(Br)c1. The van der Waals surface area contributed by atoms with Crippen molar-refractivity contribution in [3.63, 3.8) is 0 Å². The summed E-state index contributed by atoms with van der Waals surface area (Å²) in [7, 11) is -2.37. The molecular formula is C32H28BrF2N5O4S. The molecule has 9 nitrogen and oxygen atoms in total. The quantitative estimate of drug-likeness (QED) is 0.195. The predicted molar refractivity (Wildman–Crippen MR) is 169 cm³/mol. The summed E-state index contributed by atoms with van der Waals surface area (Å²) in [6, 6.07) is 14.6. The third-order valence-corrected chi connectivity index (χ3v) is 9.53. The largest absolute Gasteiger partial charge is 0.454 e. The van der Waals surface area contributed by atoms with E-state index in [1.165, 1.54) is 35.0 Å². The highest BCUT2D eigenvalue weighted by atomic mass is 79.9. The lowest BCUT2D eigenvalue weighted by Gasteiger charge is -2.26. The number of nitrogens with zero attached hydrogens (tertiary/aromatic N) is 3. The lowest BCUT2D eigenvalue weighted by molar-refractivity contribution is -0.119. The van der Waals surface area contributed by atoms with Gasteiger partial charge in [0.25, 0.3) is 0 Å². The van der Waals surface area contributed by atoms with Crippen LogP contribution in [0.3, 0.4) is 0 Å². The van der Waals surface area contributed by atoms with E-state index in [1.54, 1.807) is 25.4 Å². The Balaban J connectivity index is 1.52. The van der Waals surface area contributed by atoms with E-state index in [4.69, 9.17) is 9.72 Å². The van der Waals surface area contributed by atoms with Crippen molar-refractivity contribution in [1.29, 1.82) is 0 Å². The molecule has 1 amide bonds. The zero-order valence-electron chi connectivity index (χ0n) is 24.3. The Kier molecular flexibility index (Phi) is 8.08. The van der Waals surface area contributed by atoms with Crippen molar-refractivity contribution in [3.8, 4) is 22.9 Å².